The van der Waals surface area contributed by atoms with Crippen LogP contribution in [0.5, 0.6) is 0 Å². The van der Waals surface area contributed by atoms with E-state index >= 15 is 0 Å². The summed E-state index contributed by atoms with van der Waals surface area (Å²) in [6.07, 6.45) is 0.292. The first-order valence-electron chi connectivity index (χ1n) is 10.2. The summed E-state index contributed by atoms with van der Waals surface area (Å²) in [5.74, 6) is -0.0714. The maximum Gasteiger partial charge on any atom is 0.226 e. The molecular weight excluding hydrogens is 356 g/mol. The minimum absolute atomic E-state index is 0.00429. The van der Waals surface area contributed by atoms with E-state index in [0.717, 1.165) is 57.3 Å². The van der Waals surface area contributed by atoms with Crippen molar-refractivity contribution in [3.8, 4) is 0 Å². The maximum absolute atomic E-state index is 12.3. The van der Waals surface area contributed by atoms with Crippen LogP contribution in [0.1, 0.15) is 27.2 Å². The number of anilines is 2. The Labute approximate surface area is 168 Å². The molecular formula is C21H34N4O3. The molecule has 0 atom stereocenters. The molecule has 0 bridgehead atoms. The second-order valence-electron chi connectivity index (χ2n) is 6.98. The highest BCUT2D eigenvalue weighted by Gasteiger charge is 2.15. The highest BCUT2D eigenvalue weighted by atomic mass is 16.5. The Balaban J connectivity index is 1.77. The lowest BCUT2D eigenvalue weighted by atomic mass is 10.2. The predicted molar refractivity (Wildman–Crippen MR) is 113 cm³/mol. The number of carbonyl (C=O) groups excluding carboxylic acids is 2. The van der Waals surface area contributed by atoms with E-state index in [9.17, 15) is 9.59 Å². The highest BCUT2D eigenvalue weighted by molar-refractivity contribution is 5.91. The van der Waals surface area contributed by atoms with Crippen molar-refractivity contribution in [1.82, 2.24) is 9.80 Å². The van der Waals surface area contributed by atoms with Crippen LogP contribution in [0.4, 0.5) is 11.4 Å². The van der Waals surface area contributed by atoms with Crippen molar-refractivity contribution in [2.75, 3.05) is 69.2 Å². The van der Waals surface area contributed by atoms with Crippen LogP contribution in [0.2, 0.25) is 0 Å². The molecule has 1 aliphatic rings. The second kappa shape index (κ2) is 11.7. The molecule has 28 heavy (non-hydrogen) atoms. The maximum atomic E-state index is 12.3. The lowest BCUT2D eigenvalue weighted by molar-refractivity contribution is -0.129. The molecule has 1 heterocycles. The van der Waals surface area contributed by atoms with E-state index in [2.05, 4.69) is 29.0 Å². The van der Waals surface area contributed by atoms with Gasteiger partial charge >= 0.3 is 0 Å². The summed E-state index contributed by atoms with van der Waals surface area (Å²) in [6.45, 7) is 12.9. The number of nitrogens with one attached hydrogen (secondary N) is 1. The number of nitrogens with zero attached hydrogens (tertiary/aromatic N) is 3. The van der Waals surface area contributed by atoms with Gasteiger partial charge in [0.25, 0.3) is 0 Å². The molecule has 0 aromatic heterocycles. The van der Waals surface area contributed by atoms with Gasteiger partial charge in [-0.2, -0.15) is 0 Å². The second-order valence-corrected chi connectivity index (χ2v) is 6.98. The van der Waals surface area contributed by atoms with Crippen LogP contribution >= 0.6 is 0 Å². The van der Waals surface area contributed by atoms with E-state index in [4.69, 9.17) is 4.74 Å². The van der Waals surface area contributed by atoms with Crippen LogP contribution in [0.15, 0.2) is 24.3 Å². The first-order chi connectivity index (χ1) is 13.5. The Hall–Kier alpha value is -2.12. The number of carbonyl (C=O) groups is 2. The summed E-state index contributed by atoms with van der Waals surface area (Å²) in [4.78, 5) is 30.5. The molecule has 0 aliphatic carbocycles. The van der Waals surface area contributed by atoms with Gasteiger partial charge in [0, 0.05) is 70.5 Å². The van der Waals surface area contributed by atoms with Crippen molar-refractivity contribution in [3.05, 3.63) is 24.3 Å². The standard InChI is InChI=1S/C21H34N4O3/c1-4-24(5-2)20-8-6-19(7-9-20)22-21(27)10-11-25(18(3)26)13-12-23-14-16-28-17-15-23/h6-9H,4-5,10-17H2,1-3H3,(H,22,27). The summed E-state index contributed by atoms with van der Waals surface area (Å²) in [5.41, 5.74) is 1.93. The van der Waals surface area contributed by atoms with E-state index in [1.165, 1.54) is 0 Å². The molecule has 2 rings (SSSR count). The molecule has 1 aliphatic heterocycles. The average molecular weight is 391 g/mol. The molecule has 2 amide bonds. The summed E-state index contributed by atoms with van der Waals surface area (Å²) in [7, 11) is 0. The fourth-order valence-corrected chi connectivity index (χ4v) is 3.32. The van der Waals surface area contributed by atoms with E-state index < -0.39 is 0 Å². The van der Waals surface area contributed by atoms with Gasteiger partial charge in [-0.15, -0.1) is 0 Å². The minimum atomic E-state index is -0.0757. The van der Waals surface area contributed by atoms with Crippen molar-refractivity contribution in [2.45, 2.75) is 27.2 Å². The van der Waals surface area contributed by atoms with E-state index in [-0.39, 0.29) is 11.8 Å². The minimum Gasteiger partial charge on any atom is -0.379 e. The summed E-state index contributed by atoms with van der Waals surface area (Å²) in [6, 6.07) is 7.89. The van der Waals surface area contributed by atoms with Crippen molar-refractivity contribution in [3.63, 3.8) is 0 Å². The number of rotatable bonds is 10. The van der Waals surface area contributed by atoms with Crippen LogP contribution in [0, 0.1) is 0 Å². The Morgan fingerprint density at radius 2 is 1.71 bits per heavy atom. The first-order valence-corrected chi connectivity index (χ1v) is 10.2. The molecule has 1 saturated heterocycles. The zero-order valence-electron chi connectivity index (χ0n) is 17.4. The van der Waals surface area contributed by atoms with Gasteiger partial charge in [0.15, 0.2) is 0 Å². The number of ether oxygens (including phenoxy) is 1. The Morgan fingerprint density at radius 1 is 1.07 bits per heavy atom. The quantitative estimate of drug-likeness (QED) is 0.662. The zero-order valence-corrected chi connectivity index (χ0v) is 17.4. The number of morpholine rings is 1. The Morgan fingerprint density at radius 3 is 2.29 bits per heavy atom. The fourth-order valence-electron chi connectivity index (χ4n) is 3.32. The molecule has 7 nitrogen and oxygen atoms in total. The lowest BCUT2D eigenvalue weighted by Crippen LogP contribution is -2.43. The van der Waals surface area contributed by atoms with E-state index in [1.807, 2.05) is 24.3 Å². The normalized spacial score (nSPS) is 14.5. The van der Waals surface area contributed by atoms with Crippen LogP contribution < -0.4 is 10.2 Å². The zero-order chi connectivity index (χ0) is 20.4. The third-order valence-electron chi connectivity index (χ3n) is 5.12. The number of amides is 2. The number of hydrogen-bond donors (Lipinski definition) is 1. The topological polar surface area (TPSA) is 65.1 Å². The largest absolute Gasteiger partial charge is 0.379 e. The smallest absolute Gasteiger partial charge is 0.226 e. The summed E-state index contributed by atoms with van der Waals surface area (Å²) in [5, 5.41) is 2.92. The van der Waals surface area contributed by atoms with Crippen LogP contribution in [0.3, 0.4) is 0 Å². The third kappa shape index (κ3) is 7.13. The van der Waals surface area contributed by atoms with Gasteiger partial charge in [-0.05, 0) is 38.1 Å². The number of benzene rings is 1. The van der Waals surface area contributed by atoms with E-state index in [1.54, 1.807) is 11.8 Å². The summed E-state index contributed by atoms with van der Waals surface area (Å²) >= 11 is 0. The van der Waals surface area contributed by atoms with Gasteiger partial charge in [0.2, 0.25) is 11.8 Å². The van der Waals surface area contributed by atoms with Gasteiger partial charge < -0.3 is 19.9 Å². The molecule has 0 radical (unpaired) electrons. The lowest BCUT2D eigenvalue weighted by Gasteiger charge is -2.29. The Bertz CT molecular complexity index is 611. The number of hydrogen-bond acceptors (Lipinski definition) is 5. The molecule has 1 N–H and O–H groups in total. The van der Waals surface area contributed by atoms with Crippen molar-refractivity contribution >= 4 is 23.2 Å². The molecule has 0 saturated carbocycles. The molecule has 1 aromatic carbocycles. The molecule has 7 heteroatoms. The van der Waals surface area contributed by atoms with Crippen molar-refractivity contribution < 1.29 is 14.3 Å². The van der Waals surface area contributed by atoms with Gasteiger partial charge in [0.1, 0.15) is 0 Å². The van der Waals surface area contributed by atoms with Crippen molar-refractivity contribution in [1.29, 1.82) is 0 Å². The predicted octanol–water partition coefficient (Wildman–Crippen LogP) is 2.04. The SMILES string of the molecule is CCN(CC)c1ccc(NC(=O)CCN(CCN2CCOCC2)C(C)=O)cc1. The molecule has 1 fully saturated rings. The monoisotopic (exact) mass is 390 g/mol. The van der Waals surface area contributed by atoms with Gasteiger partial charge in [-0.1, -0.05) is 0 Å². The van der Waals surface area contributed by atoms with Crippen LogP contribution in [0.25, 0.3) is 0 Å². The highest BCUT2D eigenvalue weighted by Crippen LogP contribution is 2.17. The van der Waals surface area contributed by atoms with Gasteiger partial charge in [-0.25, -0.2) is 0 Å². The average Bonchev–Trinajstić information content (AvgIpc) is 2.70. The molecule has 0 spiro atoms. The van der Waals surface area contributed by atoms with Crippen LogP contribution in [-0.4, -0.2) is 80.6 Å². The molecule has 0 unspecified atom stereocenters. The molecule has 1 aromatic rings. The Kier molecular flexibility index (Phi) is 9.23. The fraction of sp³-hybridized carbons (Fsp3) is 0.619. The van der Waals surface area contributed by atoms with Gasteiger partial charge in [0.05, 0.1) is 13.2 Å². The van der Waals surface area contributed by atoms with Crippen molar-refractivity contribution in [2.24, 2.45) is 0 Å². The third-order valence-corrected chi connectivity index (χ3v) is 5.12. The van der Waals surface area contributed by atoms with Gasteiger partial charge in [-0.3, -0.25) is 14.5 Å². The first kappa shape index (κ1) is 22.2. The van der Waals surface area contributed by atoms with Crippen LogP contribution in [-0.2, 0) is 14.3 Å². The molecule has 156 valence electrons. The van der Waals surface area contributed by atoms with E-state index in [0.29, 0.717) is 19.5 Å². The summed E-state index contributed by atoms with van der Waals surface area (Å²) < 4.78 is 5.34.